The number of benzene rings is 1. The number of nitrogens with one attached hydrogen (secondary N) is 1. The molecule has 144 valence electrons. The molecule has 28 heavy (non-hydrogen) atoms. The molecule has 6 nitrogen and oxygen atoms in total. The fourth-order valence-electron chi connectivity index (χ4n) is 3.85. The van der Waals surface area contributed by atoms with Crippen molar-refractivity contribution in [3.63, 3.8) is 0 Å². The van der Waals surface area contributed by atoms with Crippen LogP contribution in [0.15, 0.2) is 30.3 Å². The largest absolute Gasteiger partial charge is 0.478 e. The van der Waals surface area contributed by atoms with Gasteiger partial charge in [0.2, 0.25) is 11.8 Å². The summed E-state index contributed by atoms with van der Waals surface area (Å²) in [5.41, 5.74) is 4.36. The monoisotopic (exact) mass is 376 g/mol. The zero-order chi connectivity index (χ0) is 19.3. The number of hydrogen-bond donors (Lipinski definition) is 1. The molecule has 0 unspecified atom stereocenters. The first-order valence-electron chi connectivity index (χ1n) is 9.89. The molecule has 3 heterocycles. The van der Waals surface area contributed by atoms with Gasteiger partial charge in [-0.3, -0.25) is 9.69 Å². The predicted molar refractivity (Wildman–Crippen MR) is 106 cm³/mol. The minimum Gasteiger partial charge on any atom is -0.478 e. The van der Waals surface area contributed by atoms with Gasteiger partial charge in [0.15, 0.2) is 0 Å². The van der Waals surface area contributed by atoms with E-state index in [2.05, 4.69) is 27.3 Å². The van der Waals surface area contributed by atoms with Gasteiger partial charge >= 0.3 is 0 Å². The van der Waals surface area contributed by atoms with Gasteiger partial charge in [0.25, 0.3) is 0 Å². The topological polar surface area (TPSA) is 78.2 Å². The SMILES string of the molecule is N#Cc1cccc2c1CN(CCCCOc1ccc3c(n1)NC(=O)CC3)CC2. The molecule has 1 aromatic heterocycles. The van der Waals surface area contributed by atoms with Crippen molar-refractivity contribution in [2.24, 2.45) is 0 Å². The highest BCUT2D eigenvalue weighted by Gasteiger charge is 2.19. The number of carbonyl (C=O) groups excluding carboxylic acids is 1. The lowest BCUT2D eigenvalue weighted by Gasteiger charge is -2.29. The number of rotatable bonds is 6. The van der Waals surface area contributed by atoms with Crippen LogP contribution in [0.1, 0.15) is 41.5 Å². The molecular weight excluding hydrogens is 352 g/mol. The van der Waals surface area contributed by atoms with Crippen molar-refractivity contribution in [1.29, 1.82) is 5.26 Å². The molecule has 0 atom stereocenters. The van der Waals surface area contributed by atoms with Crippen molar-refractivity contribution in [2.45, 2.75) is 38.6 Å². The van der Waals surface area contributed by atoms with E-state index in [0.29, 0.717) is 24.7 Å². The van der Waals surface area contributed by atoms with Gasteiger partial charge in [0.05, 0.1) is 18.2 Å². The number of ether oxygens (including phenoxy) is 1. The molecule has 2 aliphatic heterocycles. The molecule has 4 rings (SSSR count). The average Bonchev–Trinajstić information content (AvgIpc) is 2.72. The third-order valence-corrected chi connectivity index (χ3v) is 5.42. The van der Waals surface area contributed by atoms with Crippen LogP contribution in [0, 0.1) is 11.3 Å². The average molecular weight is 376 g/mol. The molecule has 0 radical (unpaired) electrons. The van der Waals surface area contributed by atoms with Crippen LogP contribution in [-0.2, 0) is 24.2 Å². The van der Waals surface area contributed by atoms with E-state index in [0.717, 1.165) is 56.4 Å². The van der Waals surface area contributed by atoms with Crippen LogP contribution in [0.3, 0.4) is 0 Å². The summed E-state index contributed by atoms with van der Waals surface area (Å²) >= 11 is 0. The number of hydrogen-bond acceptors (Lipinski definition) is 5. The Kier molecular flexibility index (Phi) is 5.54. The van der Waals surface area contributed by atoms with Crippen LogP contribution in [0.4, 0.5) is 5.82 Å². The number of nitrogens with zero attached hydrogens (tertiary/aromatic N) is 3. The van der Waals surface area contributed by atoms with Crippen molar-refractivity contribution in [1.82, 2.24) is 9.88 Å². The lowest BCUT2D eigenvalue weighted by Crippen LogP contribution is -2.32. The minimum atomic E-state index is 0.0137. The molecule has 0 saturated carbocycles. The van der Waals surface area contributed by atoms with E-state index in [1.807, 2.05) is 24.3 Å². The van der Waals surface area contributed by atoms with Gasteiger partial charge in [-0.2, -0.15) is 10.2 Å². The number of aryl methyl sites for hydroxylation is 1. The van der Waals surface area contributed by atoms with Gasteiger partial charge in [-0.15, -0.1) is 0 Å². The predicted octanol–water partition coefficient (Wildman–Crippen LogP) is 3.06. The number of fused-ring (bicyclic) bond motifs is 2. The highest BCUT2D eigenvalue weighted by atomic mass is 16.5. The summed E-state index contributed by atoms with van der Waals surface area (Å²) in [5, 5.41) is 12.1. The summed E-state index contributed by atoms with van der Waals surface area (Å²) in [7, 11) is 0. The van der Waals surface area contributed by atoms with Gasteiger partial charge in [0.1, 0.15) is 5.82 Å². The van der Waals surface area contributed by atoms with Crippen LogP contribution in [-0.4, -0.2) is 35.5 Å². The van der Waals surface area contributed by atoms with Gasteiger partial charge in [-0.1, -0.05) is 12.1 Å². The number of unbranched alkanes of at least 4 members (excludes halogenated alkanes) is 1. The van der Waals surface area contributed by atoms with E-state index in [-0.39, 0.29) is 5.91 Å². The van der Waals surface area contributed by atoms with Crippen molar-refractivity contribution < 1.29 is 9.53 Å². The first-order valence-corrected chi connectivity index (χ1v) is 9.89. The second-order valence-corrected chi connectivity index (χ2v) is 7.34. The lowest BCUT2D eigenvalue weighted by atomic mass is 9.95. The van der Waals surface area contributed by atoms with Crippen LogP contribution in [0.5, 0.6) is 5.88 Å². The van der Waals surface area contributed by atoms with Crippen LogP contribution in [0.2, 0.25) is 0 Å². The van der Waals surface area contributed by atoms with Gasteiger partial charge < -0.3 is 10.1 Å². The van der Waals surface area contributed by atoms with Gasteiger partial charge in [-0.05, 0) is 61.1 Å². The summed E-state index contributed by atoms with van der Waals surface area (Å²) in [6, 6.07) is 12.2. The summed E-state index contributed by atoms with van der Waals surface area (Å²) in [4.78, 5) is 18.3. The van der Waals surface area contributed by atoms with E-state index >= 15 is 0 Å². The molecule has 0 fully saturated rings. The Morgan fingerprint density at radius 1 is 1.14 bits per heavy atom. The van der Waals surface area contributed by atoms with Gasteiger partial charge in [0, 0.05) is 25.6 Å². The Morgan fingerprint density at radius 2 is 2.07 bits per heavy atom. The second kappa shape index (κ2) is 8.41. The summed E-state index contributed by atoms with van der Waals surface area (Å²) < 4.78 is 5.77. The highest BCUT2D eigenvalue weighted by molar-refractivity contribution is 5.92. The summed E-state index contributed by atoms with van der Waals surface area (Å²) in [5.74, 6) is 1.21. The molecule has 0 bridgehead atoms. The van der Waals surface area contributed by atoms with Crippen LogP contribution >= 0.6 is 0 Å². The Labute approximate surface area is 165 Å². The van der Waals surface area contributed by atoms with E-state index in [4.69, 9.17) is 4.74 Å². The highest BCUT2D eigenvalue weighted by Crippen LogP contribution is 2.24. The maximum absolute atomic E-state index is 11.5. The fraction of sp³-hybridized carbons (Fsp3) is 0.409. The Balaban J connectivity index is 1.22. The quantitative estimate of drug-likeness (QED) is 0.784. The van der Waals surface area contributed by atoms with E-state index < -0.39 is 0 Å². The molecule has 0 saturated heterocycles. The Bertz CT molecular complexity index is 919. The van der Waals surface area contributed by atoms with Crippen LogP contribution in [0.25, 0.3) is 0 Å². The number of anilines is 1. The maximum atomic E-state index is 11.5. The zero-order valence-electron chi connectivity index (χ0n) is 15.9. The normalized spacial score (nSPS) is 15.9. The molecule has 0 aliphatic carbocycles. The summed E-state index contributed by atoms with van der Waals surface area (Å²) in [6.45, 7) is 3.49. The number of amides is 1. The molecule has 6 heteroatoms. The first kappa shape index (κ1) is 18.5. The maximum Gasteiger partial charge on any atom is 0.225 e. The molecule has 1 aromatic carbocycles. The first-order chi connectivity index (χ1) is 13.7. The van der Waals surface area contributed by atoms with Crippen LogP contribution < -0.4 is 10.1 Å². The van der Waals surface area contributed by atoms with E-state index in [1.165, 1.54) is 11.1 Å². The van der Waals surface area contributed by atoms with Crippen molar-refractivity contribution >= 4 is 11.7 Å². The number of aromatic nitrogens is 1. The number of nitriles is 1. The Hall–Kier alpha value is -2.91. The van der Waals surface area contributed by atoms with E-state index in [9.17, 15) is 10.1 Å². The standard InChI is InChI=1S/C22H24N4O2/c23-14-18-5-3-4-16-10-12-26(15-19(16)18)11-1-2-13-28-21-9-7-17-6-8-20(27)24-22(17)25-21/h3-5,7,9H,1-2,6,8,10-13,15H2,(H,24,25,27). The van der Waals surface area contributed by atoms with Crippen molar-refractivity contribution in [3.8, 4) is 11.9 Å². The smallest absolute Gasteiger partial charge is 0.225 e. The van der Waals surface area contributed by atoms with Crippen molar-refractivity contribution in [3.05, 3.63) is 52.6 Å². The van der Waals surface area contributed by atoms with Gasteiger partial charge in [-0.25, -0.2) is 0 Å². The number of pyridine rings is 1. The minimum absolute atomic E-state index is 0.0137. The molecule has 1 N–H and O–H groups in total. The van der Waals surface area contributed by atoms with Crippen molar-refractivity contribution in [2.75, 3.05) is 25.0 Å². The lowest BCUT2D eigenvalue weighted by molar-refractivity contribution is -0.116. The molecule has 2 aromatic rings. The third kappa shape index (κ3) is 4.15. The summed E-state index contributed by atoms with van der Waals surface area (Å²) in [6.07, 6.45) is 4.23. The Morgan fingerprint density at radius 3 is 2.96 bits per heavy atom. The molecule has 0 spiro atoms. The van der Waals surface area contributed by atoms with E-state index in [1.54, 1.807) is 0 Å². The number of carbonyl (C=O) groups is 1. The second-order valence-electron chi connectivity index (χ2n) is 7.34. The third-order valence-electron chi connectivity index (χ3n) is 5.42. The molecule has 2 aliphatic rings. The fourth-order valence-corrected chi connectivity index (χ4v) is 3.85. The molecular formula is C22H24N4O2. The molecule has 1 amide bonds. The zero-order valence-corrected chi connectivity index (χ0v) is 15.9.